The van der Waals surface area contributed by atoms with E-state index in [9.17, 15) is 9.59 Å². The van der Waals surface area contributed by atoms with Gasteiger partial charge in [0, 0.05) is 19.0 Å². The lowest BCUT2D eigenvalue weighted by atomic mass is 10.0. The van der Waals surface area contributed by atoms with E-state index in [1.54, 1.807) is 12.0 Å². The Kier molecular flexibility index (Phi) is 10.8. The molecule has 0 saturated carbocycles. The van der Waals surface area contributed by atoms with Gasteiger partial charge in [-0.15, -0.1) is 0 Å². The Morgan fingerprint density at radius 3 is 2.18 bits per heavy atom. The number of nitrogens with zero attached hydrogens (tertiary/aromatic N) is 1. The third kappa shape index (κ3) is 8.37. The normalized spacial score (nSPS) is 12.5. The van der Waals surface area contributed by atoms with Gasteiger partial charge in [-0.25, -0.2) is 0 Å². The summed E-state index contributed by atoms with van der Waals surface area (Å²) in [5.41, 5.74) is 3.05. The molecule has 2 amide bonds. The zero-order chi connectivity index (χ0) is 27.5. The first-order valence-corrected chi connectivity index (χ1v) is 13.3. The zero-order valence-corrected chi connectivity index (χ0v) is 23.1. The highest BCUT2D eigenvalue weighted by molar-refractivity contribution is 5.88. The average Bonchev–Trinajstić information content (AvgIpc) is 2.94. The summed E-state index contributed by atoms with van der Waals surface area (Å²) in [5.74, 6) is 1.28. The number of methoxy groups -OCH3 is 1. The van der Waals surface area contributed by atoms with Gasteiger partial charge in [-0.1, -0.05) is 75.4 Å². The number of ether oxygens (including phenoxy) is 2. The van der Waals surface area contributed by atoms with E-state index in [-0.39, 0.29) is 31.0 Å². The summed E-state index contributed by atoms with van der Waals surface area (Å²) in [6.45, 7) is 8.33. The van der Waals surface area contributed by atoms with E-state index in [1.807, 2.05) is 92.7 Å². The van der Waals surface area contributed by atoms with Crippen molar-refractivity contribution >= 4 is 11.8 Å². The fourth-order valence-electron chi connectivity index (χ4n) is 4.14. The van der Waals surface area contributed by atoms with Crippen LogP contribution in [0.1, 0.15) is 56.7 Å². The summed E-state index contributed by atoms with van der Waals surface area (Å²) in [6.07, 6.45) is 1.19. The van der Waals surface area contributed by atoms with Crippen LogP contribution in [-0.2, 0) is 22.6 Å². The molecular weight excluding hydrogens is 476 g/mol. The summed E-state index contributed by atoms with van der Waals surface area (Å²) in [6, 6.07) is 24.4. The van der Waals surface area contributed by atoms with Crippen LogP contribution in [0.3, 0.4) is 0 Å². The highest BCUT2D eigenvalue weighted by atomic mass is 16.5. The number of benzene rings is 3. The predicted octanol–water partition coefficient (Wildman–Crippen LogP) is 5.75. The molecule has 0 bridgehead atoms. The molecular formula is C32H40N2O4. The van der Waals surface area contributed by atoms with Crippen molar-refractivity contribution in [1.29, 1.82) is 0 Å². The Bertz CT molecular complexity index is 1160. The van der Waals surface area contributed by atoms with Crippen LogP contribution >= 0.6 is 0 Å². The molecule has 0 aliphatic heterocycles. The molecule has 3 rings (SSSR count). The molecule has 0 heterocycles. The minimum Gasteiger partial charge on any atom is -0.497 e. The van der Waals surface area contributed by atoms with Crippen molar-refractivity contribution in [2.24, 2.45) is 0 Å². The third-order valence-corrected chi connectivity index (χ3v) is 6.67. The van der Waals surface area contributed by atoms with Crippen molar-refractivity contribution in [3.8, 4) is 11.5 Å². The molecule has 2 atom stereocenters. The van der Waals surface area contributed by atoms with Crippen molar-refractivity contribution in [3.05, 3.63) is 95.6 Å². The topological polar surface area (TPSA) is 67.9 Å². The molecule has 3 aromatic carbocycles. The first kappa shape index (κ1) is 28.8. The van der Waals surface area contributed by atoms with Gasteiger partial charge >= 0.3 is 0 Å². The van der Waals surface area contributed by atoms with E-state index in [0.29, 0.717) is 23.8 Å². The van der Waals surface area contributed by atoms with Crippen LogP contribution in [0.15, 0.2) is 78.9 Å². The number of carbonyl (C=O) groups excluding carboxylic acids is 2. The van der Waals surface area contributed by atoms with E-state index in [1.165, 1.54) is 5.56 Å². The SMILES string of the molecule is CC[C@H](C)NC(=O)[C@H](Cc1ccccc1)N(Cc1cccc(OC)c1)C(=O)COc1ccc(C(C)C)cc1. The second kappa shape index (κ2) is 14.2. The zero-order valence-electron chi connectivity index (χ0n) is 23.1. The van der Waals surface area contributed by atoms with E-state index in [0.717, 1.165) is 17.5 Å². The molecule has 0 fully saturated rings. The molecule has 6 nitrogen and oxygen atoms in total. The molecule has 0 aliphatic rings. The maximum absolute atomic E-state index is 13.7. The average molecular weight is 517 g/mol. The summed E-state index contributed by atoms with van der Waals surface area (Å²) in [5, 5.41) is 3.09. The maximum atomic E-state index is 13.7. The summed E-state index contributed by atoms with van der Waals surface area (Å²) in [7, 11) is 1.61. The molecule has 0 aliphatic carbocycles. The number of rotatable bonds is 13. The second-order valence-corrected chi connectivity index (χ2v) is 9.91. The van der Waals surface area contributed by atoms with Gasteiger partial charge in [-0.2, -0.15) is 0 Å². The van der Waals surface area contributed by atoms with E-state index in [2.05, 4.69) is 19.2 Å². The summed E-state index contributed by atoms with van der Waals surface area (Å²) in [4.78, 5) is 28.9. The molecule has 1 N–H and O–H groups in total. The molecule has 0 radical (unpaired) electrons. The Labute approximate surface area is 227 Å². The lowest BCUT2D eigenvalue weighted by Crippen LogP contribution is -2.53. The molecule has 0 spiro atoms. The van der Waals surface area contributed by atoms with Crippen LogP contribution in [0.25, 0.3) is 0 Å². The van der Waals surface area contributed by atoms with Crippen molar-refractivity contribution in [2.45, 2.75) is 65.1 Å². The monoisotopic (exact) mass is 516 g/mol. The first-order valence-electron chi connectivity index (χ1n) is 13.3. The summed E-state index contributed by atoms with van der Waals surface area (Å²) < 4.78 is 11.3. The number of carbonyl (C=O) groups is 2. The number of hydrogen-bond donors (Lipinski definition) is 1. The molecule has 38 heavy (non-hydrogen) atoms. The smallest absolute Gasteiger partial charge is 0.261 e. The Hall–Kier alpha value is -3.80. The molecule has 0 saturated heterocycles. The lowest BCUT2D eigenvalue weighted by molar-refractivity contribution is -0.143. The number of amides is 2. The van der Waals surface area contributed by atoms with Crippen LogP contribution in [0.5, 0.6) is 11.5 Å². The molecule has 202 valence electrons. The minimum atomic E-state index is -0.711. The molecule has 0 unspecified atom stereocenters. The fraction of sp³-hybridized carbons (Fsp3) is 0.375. The number of nitrogens with one attached hydrogen (secondary N) is 1. The molecule has 6 heteroatoms. The largest absolute Gasteiger partial charge is 0.497 e. The van der Waals surface area contributed by atoms with Crippen LogP contribution in [0, 0.1) is 0 Å². The molecule has 3 aromatic rings. The van der Waals surface area contributed by atoms with Gasteiger partial charge in [0.2, 0.25) is 5.91 Å². The highest BCUT2D eigenvalue weighted by Crippen LogP contribution is 2.21. The van der Waals surface area contributed by atoms with Crippen molar-refractivity contribution < 1.29 is 19.1 Å². The van der Waals surface area contributed by atoms with Gasteiger partial charge in [0.05, 0.1) is 7.11 Å². The van der Waals surface area contributed by atoms with Gasteiger partial charge in [0.1, 0.15) is 17.5 Å². The quantitative estimate of drug-likeness (QED) is 0.314. The fourth-order valence-corrected chi connectivity index (χ4v) is 4.14. The number of hydrogen-bond acceptors (Lipinski definition) is 4. The highest BCUT2D eigenvalue weighted by Gasteiger charge is 2.31. The maximum Gasteiger partial charge on any atom is 0.261 e. The Balaban J connectivity index is 1.90. The van der Waals surface area contributed by atoms with Gasteiger partial charge in [-0.3, -0.25) is 9.59 Å². The lowest BCUT2D eigenvalue weighted by Gasteiger charge is -2.32. The first-order chi connectivity index (χ1) is 18.3. The minimum absolute atomic E-state index is 0.00901. The van der Waals surface area contributed by atoms with Crippen molar-refractivity contribution in [3.63, 3.8) is 0 Å². The summed E-state index contributed by atoms with van der Waals surface area (Å²) >= 11 is 0. The Morgan fingerprint density at radius 2 is 1.55 bits per heavy atom. The van der Waals surface area contributed by atoms with Gasteiger partial charge in [-0.05, 0) is 60.2 Å². The third-order valence-electron chi connectivity index (χ3n) is 6.67. The predicted molar refractivity (Wildman–Crippen MR) is 151 cm³/mol. The van der Waals surface area contributed by atoms with Crippen LogP contribution < -0.4 is 14.8 Å². The molecule has 0 aromatic heterocycles. The Morgan fingerprint density at radius 1 is 0.868 bits per heavy atom. The van der Waals surface area contributed by atoms with E-state index < -0.39 is 6.04 Å². The van der Waals surface area contributed by atoms with E-state index in [4.69, 9.17) is 9.47 Å². The van der Waals surface area contributed by atoms with Gasteiger partial charge in [0.15, 0.2) is 6.61 Å². The van der Waals surface area contributed by atoms with Gasteiger partial charge in [0.25, 0.3) is 5.91 Å². The van der Waals surface area contributed by atoms with Crippen LogP contribution in [0.2, 0.25) is 0 Å². The van der Waals surface area contributed by atoms with Crippen LogP contribution in [0.4, 0.5) is 0 Å². The van der Waals surface area contributed by atoms with E-state index >= 15 is 0 Å². The van der Waals surface area contributed by atoms with Crippen molar-refractivity contribution in [2.75, 3.05) is 13.7 Å². The second-order valence-electron chi connectivity index (χ2n) is 9.91. The van der Waals surface area contributed by atoms with Crippen LogP contribution in [-0.4, -0.2) is 42.5 Å². The standard InChI is InChI=1S/C32H40N2O4/c1-6-24(4)33-32(36)30(20-25-11-8-7-9-12-25)34(21-26-13-10-14-29(19-26)37-5)31(35)22-38-28-17-15-27(16-18-28)23(2)3/h7-19,23-24,30H,6,20-22H2,1-5H3,(H,33,36)/t24-,30-/m0/s1. The van der Waals surface area contributed by atoms with Gasteiger partial charge < -0.3 is 19.7 Å². The van der Waals surface area contributed by atoms with Crippen molar-refractivity contribution in [1.82, 2.24) is 10.2 Å².